The molecule has 0 fully saturated rings. The topological polar surface area (TPSA) is 17.0 Å². The van der Waals surface area contributed by atoms with Crippen molar-refractivity contribution in [3.8, 4) is 16.8 Å². The van der Waals surface area contributed by atoms with Crippen LogP contribution >= 0.6 is 0 Å². The van der Waals surface area contributed by atoms with E-state index < -0.39 is 0 Å². The average Bonchev–Trinajstić information content (AvgIpc) is 3.18. The molecule has 0 radical (unpaired) electrons. The van der Waals surface area contributed by atoms with Gasteiger partial charge in [0.15, 0.2) is 0 Å². The number of rotatable bonds is 4. The Bertz CT molecular complexity index is 1520. The third-order valence-electron chi connectivity index (χ3n) is 5.95. The van der Waals surface area contributed by atoms with Gasteiger partial charge in [-0.3, -0.25) is 0 Å². The Kier molecular flexibility index (Phi) is 4.47. The molecule has 0 aliphatic carbocycles. The number of fused-ring (bicyclic) bond motifs is 3. The first-order valence-electron chi connectivity index (χ1n) is 10.9. The van der Waals surface area contributed by atoms with E-state index in [0.29, 0.717) is 0 Å². The van der Waals surface area contributed by atoms with E-state index in [2.05, 4.69) is 119 Å². The molecule has 0 aliphatic rings. The van der Waals surface area contributed by atoms with Crippen molar-refractivity contribution in [3.63, 3.8) is 0 Å². The molecule has 152 valence electrons. The number of hydrogen-bond donors (Lipinski definition) is 1. The predicted octanol–water partition coefficient (Wildman–Crippen LogP) is 8.19. The van der Waals surface area contributed by atoms with E-state index in [9.17, 15) is 0 Å². The Balaban J connectivity index is 1.59. The summed E-state index contributed by atoms with van der Waals surface area (Å²) in [4.78, 5) is 0. The second kappa shape index (κ2) is 7.75. The van der Waals surface area contributed by atoms with E-state index in [4.69, 9.17) is 0 Å². The summed E-state index contributed by atoms with van der Waals surface area (Å²) in [6, 6.07) is 44.9. The number of aromatic nitrogens is 1. The molecule has 0 atom stereocenters. The van der Waals surface area contributed by atoms with E-state index in [-0.39, 0.29) is 0 Å². The largest absolute Gasteiger partial charge is 0.355 e. The fourth-order valence-electron chi connectivity index (χ4n) is 4.45. The summed E-state index contributed by atoms with van der Waals surface area (Å²) in [5.41, 5.74) is 8.19. The van der Waals surface area contributed by atoms with E-state index in [1.807, 2.05) is 18.2 Å². The zero-order chi connectivity index (χ0) is 21.3. The van der Waals surface area contributed by atoms with Gasteiger partial charge < -0.3 is 9.88 Å². The van der Waals surface area contributed by atoms with Gasteiger partial charge in [-0.25, -0.2) is 0 Å². The van der Waals surface area contributed by atoms with Gasteiger partial charge in [0.25, 0.3) is 0 Å². The minimum absolute atomic E-state index is 1.08. The molecule has 1 aromatic heterocycles. The highest BCUT2D eigenvalue weighted by atomic mass is 15.0. The number of nitrogens with zero attached hydrogens (tertiary/aromatic N) is 1. The van der Waals surface area contributed by atoms with E-state index in [0.717, 1.165) is 17.1 Å². The van der Waals surface area contributed by atoms with Gasteiger partial charge in [-0.1, -0.05) is 78.9 Å². The highest BCUT2D eigenvalue weighted by molar-refractivity contribution is 6.11. The Hall–Kier alpha value is -4.30. The van der Waals surface area contributed by atoms with Crippen LogP contribution in [0.15, 0.2) is 127 Å². The molecule has 0 aliphatic heterocycles. The molecule has 5 aromatic carbocycles. The highest BCUT2D eigenvalue weighted by Gasteiger charge is 2.14. The van der Waals surface area contributed by atoms with Gasteiger partial charge in [0.2, 0.25) is 0 Å². The maximum Gasteiger partial charge on any atom is 0.0561 e. The predicted molar refractivity (Wildman–Crippen MR) is 136 cm³/mol. The standard InChI is InChI=1S/C30H22N2/c1-4-10-22(11-5-1)23-16-19-29-28(20-23)27-18-17-25(31-24-12-6-2-7-13-24)21-30(27)32(29)26-14-8-3-9-15-26/h1-21,31H. The molecule has 2 heteroatoms. The number of benzene rings is 5. The molecule has 0 bridgehead atoms. The van der Waals surface area contributed by atoms with Crippen LogP contribution in [0.25, 0.3) is 38.6 Å². The fourth-order valence-corrected chi connectivity index (χ4v) is 4.45. The summed E-state index contributed by atoms with van der Waals surface area (Å²) in [6.07, 6.45) is 0. The van der Waals surface area contributed by atoms with Gasteiger partial charge >= 0.3 is 0 Å². The van der Waals surface area contributed by atoms with Crippen molar-refractivity contribution in [1.82, 2.24) is 4.57 Å². The van der Waals surface area contributed by atoms with Crippen LogP contribution in [-0.2, 0) is 0 Å². The van der Waals surface area contributed by atoms with Crippen LogP contribution in [-0.4, -0.2) is 4.57 Å². The van der Waals surface area contributed by atoms with Crippen molar-refractivity contribution >= 4 is 33.2 Å². The highest BCUT2D eigenvalue weighted by Crippen LogP contribution is 2.36. The molecule has 0 spiro atoms. The normalized spacial score (nSPS) is 11.1. The van der Waals surface area contributed by atoms with Crippen LogP contribution in [0.4, 0.5) is 11.4 Å². The average molecular weight is 411 g/mol. The molecule has 6 aromatic rings. The molecule has 6 rings (SSSR count). The van der Waals surface area contributed by atoms with Crippen LogP contribution in [0, 0.1) is 0 Å². The van der Waals surface area contributed by atoms with Crippen molar-refractivity contribution < 1.29 is 0 Å². The molecule has 0 unspecified atom stereocenters. The molecule has 0 saturated heterocycles. The van der Waals surface area contributed by atoms with Gasteiger partial charge in [-0.15, -0.1) is 0 Å². The van der Waals surface area contributed by atoms with E-state index in [1.165, 1.54) is 32.9 Å². The molecule has 0 amide bonds. The van der Waals surface area contributed by atoms with Gasteiger partial charge in [-0.2, -0.15) is 0 Å². The van der Waals surface area contributed by atoms with Crippen molar-refractivity contribution in [3.05, 3.63) is 127 Å². The summed E-state index contributed by atoms with van der Waals surface area (Å²) >= 11 is 0. The van der Waals surface area contributed by atoms with Gasteiger partial charge in [-0.05, 0) is 59.7 Å². The van der Waals surface area contributed by atoms with Crippen LogP contribution in [0.1, 0.15) is 0 Å². The lowest BCUT2D eigenvalue weighted by Crippen LogP contribution is -1.94. The number of nitrogens with one attached hydrogen (secondary N) is 1. The van der Waals surface area contributed by atoms with E-state index >= 15 is 0 Å². The van der Waals surface area contributed by atoms with Crippen molar-refractivity contribution in [2.45, 2.75) is 0 Å². The molecule has 1 N–H and O–H groups in total. The first kappa shape index (κ1) is 18.5. The van der Waals surface area contributed by atoms with Crippen LogP contribution in [0.3, 0.4) is 0 Å². The molecule has 0 saturated carbocycles. The fraction of sp³-hybridized carbons (Fsp3) is 0. The third-order valence-corrected chi connectivity index (χ3v) is 5.95. The Morgan fingerprint density at radius 3 is 1.88 bits per heavy atom. The second-order valence-electron chi connectivity index (χ2n) is 7.99. The van der Waals surface area contributed by atoms with Crippen molar-refractivity contribution in [2.75, 3.05) is 5.32 Å². The number of anilines is 2. The Labute approximate surface area is 187 Å². The Morgan fingerprint density at radius 2 is 1.12 bits per heavy atom. The van der Waals surface area contributed by atoms with Crippen LogP contribution in [0.5, 0.6) is 0 Å². The van der Waals surface area contributed by atoms with Crippen LogP contribution < -0.4 is 5.32 Å². The molecular weight excluding hydrogens is 388 g/mol. The second-order valence-corrected chi connectivity index (χ2v) is 7.99. The number of para-hydroxylation sites is 2. The lowest BCUT2D eigenvalue weighted by molar-refractivity contribution is 1.18. The zero-order valence-corrected chi connectivity index (χ0v) is 17.6. The smallest absolute Gasteiger partial charge is 0.0561 e. The summed E-state index contributed by atoms with van der Waals surface area (Å²) in [5, 5.41) is 6.05. The van der Waals surface area contributed by atoms with Gasteiger partial charge in [0, 0.05) is 27.8 Å². The first-order chi connectivity index (χ1) is 15.9. The lowest BCUT2D eigenvalue weighted by atomic mass is 10.0. The summed E-state index contributed by atoms with van der Waals surface area (Å²) in [5.74, 6) is 0. The SMILES string of the molecule is c1ccc(Nc2ccc3c4cc(-c5ccccc5)ccc4n(-c4ccccc4)c3c2)cc1. The molecule has 32 heavy (non-hydrogen) atoms. The quantitative estimate of drug-likeness (QED) is 0.310. The molecule has 2 nitrogen and oxygen atoms in total. The van der Waals surface area contributed by atoms with Crippen molar-refractivity contribution in [1.29, 1.82) is 0 Å². The lowest BCUT2D eigenvalue weighted by Gasteiger charge is -2.10. The van der Waals surface area contributed by atoms with Gasteiger partial charge in [0.1, 0.15) is 0 Å². The minimum atomic E-state index is 1.08. The van der Waals surface area contributed by atoms with Crippen molar-refractivity contribution in [2.24, 2.45) is 0 Å². The van der Waals surface area contributed by atoms with Crippen LogP contribution in [0.2, 0.25) is 0 Å². The first-order valence-corrected chi connectivity index (χ1v) is 10.9. The Morgan fingerprint density at radius 1 is 0.438 bits per heavy atom. The number of hydrogen-bond acceptors (Lipinski definition) is 1. The maximum atomic E-state index is 3.54. The summed E-state index contributed by atoms with van der Waals surface area (Å²) in [7, 11) is 0. The monoisotopic (exact) mass is 410 g/mol. The minimum Gasteiger partial charge on any atom is -0.355 e. The molecular formula is C30H22N2. The third kappa shape index (κ3) is 3.23. The van der Waals surface area contributed by atoms with Gasteiger partial charge in [0.05, 0.1) is 11.0 Å². The summed E-state index contributed by atoms with van der Waals surface area (Å²) < 4.78 is 2.36. The van der Waals surface area contributed by atoms with E-state index in [1.54, 1.807) is 0 Å². The summed E-state index contributed by atoms with van der Waals surface area (Å²) in [6.45, 7) is 0. The molecule has 1 heterocycles. The maximum absolute atomic E-state index is 3.54. The zero-order valence-electron chi connectivity index (χ0n) is 17.6.